The molecule has 2 rings (SSSR count). The van der Waals surface area contributed by atoms with Crippen LogP contribution in [0.3, 0.4) is 0 Å². The Balaban J connectivity index is 1.78. The van der Waals surface area contributed by atoms with Crippen LogP contribution in [0.5, 0.6) is 0 Å². The SMILES string of the molecule is Brc1cnc(CNC2CCCC2)s1. The van der Waals surface area contributed by atoms with Crippen LogP contribution >= 0.6 is 27.3 Å². The smallest absolute Gasteiger partial charge is 0.107 e. The van der Waals surface area contributed by atoms with E-state index in [1.54, 1.807) is 11.3 Å². The molecule has 1 fully saturated rings. The normalized spacial score (nSPS) is 18.2. The molecule has 72 valence electrons. The summed E-state index contributed by atoms with van der Waals surface area (Å²) in [7, 11) is 0. The Morgan fingerprint density at radius 3 is 2.92 bits per heavy atom. The Kier molecular flexibility index (Phi) is 3.35. The van der Waals surface area contributed by atoms with Gasteiger partial charge in [0.15, 0.2) is 0 Å². The fourth-order valence-corrected chi connectivity index (χ4v) is 2.99. The molecule has 2 nitrogen and oxygen atoms in total. The molecule has 0 aromatic carbocycles. The first-order chi connectivity index (χ1) is 6.34. The standard InChI is InChI=1S/C9H13BrN2S/c10-8-5-12-9(13-8)6-11-7-3-1-2-4-7/h5,7,11H,1-4,6H2. The summed E-state index contributed by atoms with van der Waals surface area (Å²) in [5.74, 6) is 0. The van der Waals surface area contributed by atoms with Crippen LogP contribution in [0.4, 0.5) is 0 Å². The summed E-state index contributed by atoms with van der Waals surface area (Å²) < 4.78 is 1.12. The highest BCUT2D eigenvalue weighted by Gasteiger charge is 2.14. The molecule has 13 heavy (non-hydrogen) atoms. The van der Waals surface area contributed by atoms with Crippen molar-refractivity contribution in [2.24, 2.45) is 0 Å². The largest absolute Gasteiger partial charge is 0.308 e. The maximum Gasteiger partial charge on any atom is 0.107 e. The Hall–Kier alpha value is 0.0700. The molecule has 0 bridgehead atoms. The topological polar surface area (TPSA) is 24.9 Å². The molecule has 0 unspecified atom stereocenters. The van der Waals surface area contributed by atoms with Crippen molar-refractivity contribution >= 4 is 27.3 Å². The van der Waals surface area contributed by atoms with Gasteiger partial charge in [0.1, 0.15) is 5.01 Å². The number of aromatic nitrogens is 1. The second kappa shape index (κ2) is 4.53. The van der Waals surface area contributed by atoms with E-state index in [2.05, 4.69) is 26.2 Å². The lowest BCUT2D eigenvalue weighted by atomic mass is 10.2. The van der Waals surface area contributed by atoms with Crippen molar-refractivity contribution in [3.05, 3.63) is 15.0 Å². The zero-order valence-electron chi connectivity index (χ0n) is 7.42. The summed E-state index contributed by atoms with van der Waals surface area (Å²) in [5.41, 5.74) is 0. The summed E-state index contributed by atoms with van der Waals surface area (Å²) in [6.45, 7) is 0.931. The number of nitrogens with one attached hydrogen (secondary N) is 1. The van der Waals surface area contributed by atoms with Gasteiger partial charge in [-0.25, -0.2) is 4.98 Å². The van der Waals surface area contributed by atoms with Gasteiger partial charge in [0.25, 0.3) is 0 Å². The van der Waals surface area contributed by atoms with Crippen molar-refractivity contribution in [2.45, 2.75) is 38.3 Å². The van der Waals surface area contributed by atoms with Crippen LogP contribution in [0.2, 0.25) is 0 Å². The van der Waals surface area contributed by atoms with E-state index in [0.717, 1.165) is 16.4 Å². The highest BCUT2D eigenvalue weighted by molar-refractivity contribution is 9.11. The molecular weight excluding hydrogens is 248 g/mol. The first-order valence-electron chi connectivity index (χ1n) is 4.68. The van der Waals surface area contributed by atoms with Gasteiger partial charge in [-0.05, 0) is 28.8 Å². The van der Waals surface area contributed by atoms with Crippen LogP contribution in [-0.4, -0.2) is 11.0 Å². The second-order valence-electron chi connectivity index (χ2n) is 3.42. The zero-order chi connectivity index (χ0) is 9.10. The molecule has 0 radical (unpaired) electrons. The predicted octanol–water partition coefficient (Wildman–Crippen LogP) is 2.94. The maximum atomic E-state index is 4.29. The summed E-state index contributed by atoms with van der Waals surface area (Å²) in [5, 5.41) is 4.72. The maximum absolute atomic E-state index is 4.29. The van der Waals surface area contributed by atoms with Gasteiger partial charge in [-0.1, -0.05) is 12.8 Å². The van der Waals surface area contributed by atoms with Gasteiger partial charge in [0.2, 0.25) is 0 Å². The van der Waals surface area contributed by atoms with E-state index in [1.165, 1.54) is 30.7 Å². The third kappa shape index (κ3) is 2.76. The highest BCUT2D eigenvalue weighted by Crippen LogP contribution is 2.21. The van der Waals surface area contributed by atoms with Crippen LogP contribution in [-0.2, 0) is 6.54 Å². The van der Waals surface area contributed by atoms with Crippen LogP contribution < -0.4 is 5.32 Å². The number of nitrogens with zero attached hydrogens (tertiary/aromatic N) is 1. The zero-order valence-corrected chi connectivity index (χ0v) is 9.83. The third-order valence-electron chi connectivity index (χ3n) is 2.42. The molecule has 1 aliphatic rings. The molecule has 1 heterocycles. The monoisotopic (exact) mass is 260 g/mol. The first kappa shape index (κ1) is 9.62. The lowest BCUT2D eigenvalue weighted by molar-refractivity contribution is 0.523. The Morgan fingerprint density at radius 2 is 2.31 bits per heavy atom. The summed E-state index contributed by atoms with van der Waals surface area (Å²) in [4.78, 5) is 4.29. The van der Waals surface area contributed by atoms with Gasteiger partial charge in [-0.2, -0.15) is 0 Å². The average molecular weight is 261 g/mol. The van der Waals surface area contributed by atoms with Gasteiger partial charge < -0.3 is 5.32 Å². The number of thiazole rings is 1. The van der Waals surface area contributed by atoms with E-state index in [0.29, 0.717) is 0 Å². The molecule has 1 saturated carbocycles. The van der Waals surface area contributed by atoms with Crippen molar-refractivity contribution in [3.63, 3.8) is 0 Å². The molecular formula is C9H13BrN2S. The third-order valence-corrected chi connectivity index (χ3v) is 3.90. The molecule has 1 aromatic rings. The minimum Gasteiger partial charge on any atom is -0.308 e. The van der Waals surface area contributed by atoms with E-state index < -0.39 is 0 Å². The first-order valence-corrected chi connectivity index (χ1v) is 6.29. The lowest BCUT2D eigenvalue weighted by Crippen LogP contribution is -2.25. The van der Waals surface area contributed by atoms with Crippen molar-refractivity contribution in [3.8, 4) is 0 Å². The molecule has 1 aromatic heterocycles. The fourth-order valence-electron chi connectivity index (χ4n) is 1.73. The van der Waals surface area contributed by atoms with E-state index in [9.17, 15) is 0 Å². The van der Waals surface area contributed by atoms with Gasteiger partial charge in [0, 0.05) is 12.6 Å². The van der Waals surface area contributed by atoms with E-state index in [1.807, 2.05) is 6.20 Å². The highest BCUT2D eigenvalue weighted by atomic mass is 79.9. The molecule has 1 N–H and O–H groups in total. The van der Waals surface area contributed by atoms with E-state index in [4.69, 9.17) is 0 Å². The van der Waals surface area contributed by atoms with Gasteiger partial charge >= 0.3 is 0 Å². The molecule has 0 saturated heterocycles. The molecule has 0 spiro atoms. The number of rotatable bonds is 3. The molecule has 0 atom stereocenters. The average Bonchev–Trinajstić information content (AvgIpc) is 2.71. The fraction of sp³-hybridized carbons (Fsp3) is 0.667. The lowest BCUT2D eigenvalue weighted by Gasteiger charge is -2.09. The molecule has 0 amide bonds. The Morgan fingerprint density at radius 1 is 1.54 bits per heavy atom. The minimum absolute atomic E-state index is 0.739. The summed E-state index contributed by atoms with van der Waals surface area (Å²) in [6, 6.07) is 0.739. The molecule has 1 aliphatic carbocycles. The quantitative estimate of drug-likeness (QED) is 0.904. The van der Waals surface area contributed by atoms with E-state index >= 15 is 0 Å². The summed E-state index contributed by atoms with van der Waals surface area (Å²) >= 11 is 5.13. The van der Waals surface area contributed by atoms with Crippen LogP contribution in [0.25, 0.3) is 0 Å². The number of halogens is 1. The van der Waals surface area contributed by atoms with Crippen LogP contribution in [0, 0.1) is 0 Å². The second-order valence-corrected chi connectivity index (χ2v) is 5.91. The van der Waals surface area contributed by atoms with Crippen molar-refractivity contribution in [1.82, 2.24) is 10.3 Å². The summed E-state index contributed by atoms with van der Waals surface area (Å²) in [6.07, 6.45) is 7.33. The minimum atomic E-state index is 0.739. The Labute approximate surface area is 90.9 Å². The van der Waals surface area contributed by atoms with Gasteiger partial charge in [-0.3, -0.25) is 0 Å². The van der Waals surface area contributed by atoms with Crippen LogP contribution in [0.15, 0.2) is 9.98 Å². The van der Waals surface area contributed by atoms with Gasteiger partial charge in [0.05, 0.1) is 9.98 Å². The van der Waals surface area contributed by atoms with Crippen molar-refractivity contribution < 1.29 is 0 Å². The number of hydrogen-bond donors (Lipinski definition) is 1. The Bertz CT molecular complexity index is 268. The van der Waals surface area contributed by atoms with Gasteiger partial charge in [-0.15, -0.1) is 11.3 Å². The molecule has 4 heteroatoms. The van der Waals surface area contributed by atoms with Crippen molar-refractivity contribution in [2.75, 3.05) is 0 Å². The van der Waals surface area contributed by atoms with Crippen molar-refractivity contribution in [1.29, 1.82) is 0 Å². The van der Waals surface area contributed by atoms with Crippen LogP contribution in [0.1, 0.15) is 30.7 Å². The predicted molar refractivity (Wildman–Crippen MR) is 58.9 cm³/mol. The number of hydrogen-bond acceptors (Lipinski definition) is 3. The molecule has 0 aliphatic heterocycles. The van der Waals surface area contributed by atoms with E-state index in [-0.39, 0.29) is 0 Å².